The predicted molar refractivity (Wildman–Crippen MR) is 107 cm³/mol. The van der Waals surface area contributed by atoms with Crippen LogP contribution in [0.4, 0.5) is 5.69 Å². The van der Waals surface area contributed by atoms with E-state index in [1.54, 1.807) is 22.7 Å². The number of carbonyl (C=O) groups is 2. The SMILES string of the molecule is CSc1ccc(/C=C/C(=O)OCC(=O)N(c2ccccc2)C(C)C)cc1. The van der Waals surface area contributed by atoms with E-state index in [0.717, 1.165) is 16.1 Å². The van der Waals surface area contributed by atoms with Crippen molar-refractivity contribution >= 4 is 35.4 Å². The smallest absolute Gasteiger partial charge is 0.331 e. The molecule has 0 aromatic heterocycles. The first-order valence-electron chi connectivity index (χ1n) is 8.37. The summed E-state index contributed by atoms with van der Waals surface area (Å²) in [5.41, 5.74) is 1.69. The third-order valence-electron chi connectivity index (χ3n) is 3.69. The molecule has 5 heteroatoms. The first kappa shape index (κ1) is 19.8. The van der Waals surface area contributed by atoms with Crippen LogP contribution in [0.15, 0.2) is 65.6 Å². The Hall–Kier alpha value is -2.53. The Morgan fingerprint density at radius 1 is 1.08 bits per heavy atom. The van der Waals surface area contributed by atoms with Gasteiger partial charge in [0.05, 0.1) is 0 Å². The Morgan fingerprint density at radius 2 is 1.73 bits per heavy atom. The summed E-state index contributed by atoms with van der Waals surface area (Å²) in [4.78, 5) is 27.1. The van der Waals surface area contributed by atoms with Crippen molar-refractivity contribution in [3.05, 3.63) is 66.2 Å². The minimum absolute atomic E-state index is 0.0332. The lowest BCUT2D eigenvalue weighted by molar-refractivity contribution is -0.143. The number of hydrogen-bond donors (Lipinski definition) is 0. The second kappa shape index (κ2) is 9.82. The number of thioether (sulfide) groups is 1. The van der Waals surface area contributed by atoms with Gasteiger partial charge in [-0.2, -0.15) is 0 Å². The van der Waals surface area contributed by atoms with E-state index in [1.807, 2.05) is 74.7 Å². The van der Waals surface area contributed by atoms with Crippen LogP contribution in [0.2, 0.25) is 0 Å². The molecule has 2 rings (SSSR count). The van der Waals surface area contributed by atoms with Crippen molar-refractivity contribution in [1.29, 1.82) is 0 Å². The quantitative estimate of drug-likeness (QED) is 0.412. The summed E-state index contributed by atoms with van der Waals surface area (Å²) in [5.74, 6) is -0.790. The van der Waals surface area contributed by atoms with Gasteiger partial charge >= 0.3 is 5.97 Å². The summed E-state index contributed by atoms with van der Waals surface area (Å²) < 4.78 is 5.10. The van der Waals surface area contributed by atoms with Crippen molar-refractivity contribution in [1.82, 2.24) is 0 Å². The first-order chi connectivity index (χ1) is 12.5. The monoisotopic (exact) mass is 369 g/mol. The van der Waals surface area contributed by atoms with E-state index in [0.29, 0.717) is 0 Å². The number of ether oxygens (including phenoxy) is 1. The molecule has 2 aromatic rings. The number of carbonyl (C=O) groups excluding carboxylic acids is 2. The van der Waals surface area contributed by atoms with Gasteiger partial charge in [-0.25, -0.2) is 4.79 Å². The van der Waals surface area contributed by atoms with Gasteiger partial charge in [-0.05, 0) is 56.0 Å². The molecule has 4 nitrogen and oxygen atoms in total. The van der Waals surface area contributed by atoms with Crippen LogP contribution in [-0.4, -0.2) is 30.8 Å². The lowest BCUT2D eigenvalue weighted by Gasteiger charge is -2.26. The fraction of sp³-hybridized carbons (Fsp3) is 0.238. The lowest BCUT2D eigenvalue weighted by atomic mass is 10.2. The summed E-state index contributed by atoms with van der Waals surface area (Å²) in [5, 5.41) is 0. The molecule has 0 saturated heterocycles. The number of esters is 1. The van der Waals surface area contributed by atoms with Crippen molar-refractivity contribution in [3.8, 4) is 0 Å². The molecule has 1 amide bonds. The van der Waals surface area contributed by atoms with Crippen molar-refractivity contribution in [3.63, 3.8) is 0 Å². The van der Waals surface area contributed by atoms with Crippen molar-refractivity contribution in [2.45, 2.75) is 24.8 Å². The van der Waals surface area contributed by atoms with Crippen LogP contribution in [0.5, 0.6) is 0 Å². The standard InChI is InChI=1S/C21H23NO3S/c1-16(2)22(18-7-5-4-6-8-18)20(23)15-25-21(24)14-11-17-9-12-19(26-3)13-10-17/h4-14,16H,15H2,1-3H3/b14-11+. The Labute approximate surface area is 158 Å². The van der Waals surface area contributed by atoms with Gasteiger partial charge in [-0.15, -0.1) is 11.8 Å². The molecule has 2 aromatic carbocycles. The largest absolute Gasteiger partial charge is 0.452 e. The van der Waals surface area contributed by atoms with Gasteiger partial charge in [-0.3, -0.25) is 4.79 Å². The van der Waals surface area contributed by atoms with Crippen LogP contribution in [0.25, 0.3) is 6.08 Å². The van der Waals surface area contributed by atoms with E-state index in [4.69, 9.17) is 4.74 Å². The number of hydrogen-bond acceptors (Lipinski definition) is 4. The van der Waals surface area contributed by atoms with E-state index in [-0.39, 0.29) is 18.6 Å². The van der Waals surface area contributed by atoms with E-state index in [1.165, 1.54) is 6.08 Å². The maximum absolute atomic E-state index is 12.5. The minimum Gasteiger partial charge on any atom is -0.452 e. The highest BCUT2D eigenvalue weighted by atomic mass is 32.2. The second-order valence-electron chi connectivity index (χ2n) is 5.91. The molecular formula is C21H23NO3S. The topological polar surface area (TPSA) is 46.6 Å². The third-order valence-corrected chi connectivity index (χ3v) is 4.43. The number of benzene rings is 2. The number of para-hydroxylation sites is 1. The van der Waals surface area contributed by atoms with Gasteiger partial charge in [0, 0.05) is 22.7 Å². The molecule has 0 spiro atoms. The fourth-order valence-corrected chi connectivity index (χ4v) is 2.86. The highest BCUT2D eigenvalue weighted by Crippen LogP contribution is 2.17. The highest BCUT2D eigenvalue weighted by Gasteiger charge is 2.19. The zero-order chi connectivity index (χ0) is 18.9. The molecule has 0 atom stereocenters. The van der Waals surface area contributed by atoms with Gasteiger partial charge in [0.25, 0.3) is 5.91 Å². The van der Waals surface area contributed by atoms with Crippen LogP contribution in [0.1, 0.15) is 19.4 Å². The molecule has 26 heavy (non-hydrogen) atoms. The molecular weight excluding hydrogens is 346 g/mol. The zero-order valence-corrected chi connectivity index (χ0v) is 16.0. The molecule has 136 valence electrons. The van der Waals surface area contributed by atoms with Crippen molar-refractivity contribution in [2.75, 3.05) is 17.8 Å². The van der Waals surface area contributed by atoms with Gasteiger partial charge in [-0.1, -0.05) is 30.3 Å². The molecule has 0 fully saturated rings. The fourth-order valence-electron chi connectivity index (χ4n) is 2.45. The van der Waals surface area contributed by atoms with Crippen LogP contribution in [-0.2, 0) is 14.3 Å². The summed E-state index contributed by atoms with van der Waals surface area (Å²) in [7, 11) is 0. The average molecular weight is 369 g/mol. The Kier molecular flexibility index (Phi) is 7.48. The molecule has 0 aliphatic heterocycles. The van der Waals surface area contributed by atoms with Crippen LogP contribution in [0.3, 0.4) is 0 Å². The van der Waals surface area contributed by atoms with Gasteiger partial charge < -0.3 is 9.64 Å². The van der Waals surface area contributed by atoms with Crippen LogP contribution < -0.4 is 4.90 Å². The summed E-state index contributed by atoms with van der Waals surface area (Å²) >= 11 is 1.66. The normalized spacial score (nSPS) is 10.9. The maximum atomic E-state index is 12.5. The number of nitrogens with zero attached hydrogens (tertiary/aromatic N) is 1. The Balaban J connectivity index is 1.92. The van der Waals surface area contributed by atoms with Crippen LogP contribution in [0, 0.1) is 0 Å². The van der Waals surface area contributed by atoms with E-state index < -0.39 is 5.97 Å². The van der Waals surface area contributed by atoms with Gasteiger partial charge in [0.1, 0.15) is 0 Å². The predicted octanol–water partition coefficient (Wildman–Crippen LogP) is 4.41. The Bertz CT molecular complexity index is 755. The molecule has 0 unspecified atom stereocenters. The average Bonchev–Trinajstić information content (AvgIpc) is 2.66. The Morgan fingerprint density at radius 3 is 2.31 bits per heavy atom. The molecule has 0 saturated carbocycles. The summed E-state index contributed by atoms with van der Waals surface area (Å²) in [6.07, 6.45) is 5.02. The van der Waals surface area contributed by atoms with Crippen LogP contribution >= 0.6 is 11.8 Å². The van der Waals surface area contributed by atoms with Gasteiger partial charge in [0.2, 0.25) is 0 Å². The first-order valence-corrected chi connectivity index (χ1v) is 9.59. The minimum atomic E-state index is -0.538. The van der Waals surface area contributed by atoms with Gasteiger partial charge in [0.15, 0.2) is 6.61 Å². The highest BCUT2D eigenvalue weighted by molar-refractivity contribution is 7.98. The number of amides is 1. The molecule has 0 heterocycles. The third kappa shape index (κ3) is 5.77. The summed E-state index contributed by atoms with van der Waals surface area (Å²) in [6, 6.07) is 17.1. The van der Waals surface area contributed by atoms with E-state index in [2.05, 4.69) is 0 Å². The molecule has 0 radical (unpaired) electrons. The van der Waals surface area contributed by atoms with E-state index in [9.17, 15) is 9.59 Å². The lowest BCUT2D eigenvalue weighted by Crippen LogP contribution is -2.39. The second-order valence-corrected chi connectivity index (χ2v) is 6.79. The number of rotatable bonds is 7. The van der Waals surface area contributed by atoms with Crippen molar-refractivity contribution < 1.29 is 14.3 Å². The summed E-state index contributed by atoms with van der Waals surface area (Å²) in [6.45, 7) is 3.55. The zero-order valence-electron chi connectivity index (χ0n) is 15.2. The molecule has 0 N–H and O–H groups in total. The molecule has 0 aliphatic carbocycles. The number of anilines is 1. The van der Waals surface area contributed by atoms with E-state index >= 15 is 0 Å². The van der Waals surface area contributed by atoms with Crippen molar-refractivity contribution in [2.24, 2.45) is 0 Å². The molecule has 0 aliphatic rings. The maximum Gasteiger partial charge on any atom is 0.331 e. The molecule has 0 bridgehead atoms.